The van der Waals surface area contributed by atoms with Gasteiger partial charge in [-0.3, -0.25) is 9.59 Å². The number of halogens is 3. The van der Waals surface area contributed by atoms with Gasteiger partial charge >= 0.3 is 5.97 Å². The Hall–Kier alpha value is 0.110. The molecule has 0 fully saturated rings. The van der Waals surface area contributed by atoms with Gasteiger partial charge in [0.05, 0.1) is 32.0 Å². The topological polar surface area (TPSA) is 84.9 Å². The monoisotopic (exact) mass is 673 g/mol. The lowest BCUT2D eigenvalue weighted by Gasteiger charge is -2.16. The Morgan fingerprint density at radius 1 is 1.25 bits per heavy atom. The number of carbonyl (C=O) groups is 2. The van der Waals surface area contributed by atoms with Crippen molar-refractivity contribution in [3.8, 4) is 5.75 Å². The first-order valence-electron chi connectivity index (χ1n) is 7.16. The molecule has 2 N–H and O–H groups in total. The van der Waals surface area contributed by atoms with Crippen molar-refractivity contribution in [1.29, 1.82) is 0 Å². The van der Waals surface area contributed by atoms with E-state index in [0.29, 0.717) is 25.4 Å². The second kappa shape index (κ2) is 11.0. The van der Waals surface area contributed by atoms with Crippen LogP contribution in [0, 0.1) is 16.6 Å². The molecule has 1 rings (SSSR count). The number of carboxylic acids is 1. The quantitative estimate of drug-likeness (QED) is 0.307. The number of carboxylic acid groups (broad SMARTS) is 1. The number of aliphatic carboxylic acids is 1. The average Bonchev–Trinajstić information content (AvgIpc) is 2.49. The Balaban J connectivity index is 2.65. The number of carbonyl (C=O) groups excluding carboxylic acids is 1. The summed E-state index contributed by atoms with van der Waals surface area (Å²) in [7, 11) is 0. The van der Waals surface area contributed by atoms with Gasteiger partial charge in [-0.25, -0.2) is 0 Å². The van der Waals surface area contributed by atoms with E-state index in [1.54, 1.807) is 0 Å². The highest BCUT2D eigenvalue weighted by atomic mass is 127. The third-order valence-corrected chi connectivity index (χ3v) is 5.75. The van der Waals surface area contributed by atoms with E-state index in [1.807, 2.05) is 13.0 Å². The largest absolute Gasteiger partial charge is 0.489 e. The summed E-state index contributed by atoms with van der Waals surface area (Å²) in [6.07, 6.45) is 0.531. The molecule has 6 nitrogen and oxygen atoms in total. The van der Waals surface area contributed by atoms with E-state index >= 15 is 0 Å². The molecule has 0 aliphatic carbocycles. The molecule has 0 heterocycles. The van der Waals surface area contributed by atoms with E-state index < -0.39 is 11.9 Å². The molecule has 1 aromatic rings. The Labute approximate surface area is 181 Å². The molecule has 1 unspecified atom stereocenters. The maximum atomic E-state index is 11.3. The molecule has 134 valence electrons. The number of hydrogen-bond donors (Lipinski definition) is 2. The molecule has 0 bridgehead atoms. The molecule has 0 aliphatic heterocycles. The van der Waals surface area contributed by atoms with Crippen LogP contribution in [0.4, 0.5) is 5.69 Å². The summed E-state index contributed by atoms with van der Waals surface area (Å²) in [4.78, 5) is 22.2. The van der Waals surface area contributed by atoms with Gasteiger partial charge in [0.2, 0.25) is 5.91 Å². The van der Waals surface area contributed by atoms with Gasteiger partial charge in [0.15, 0.2) is 0 Å². The number of rotatable bonds is 9. The Morgan fingerprint density at radius 3 is 2.46 bits per heavy atom. The minimum Gasteiger partial charge on any atom is -0.489 e. The zero-order valence-electron chi connectivity index (χ0n) is 13.2. The smallest absolute Gasteiger partial charge is 0.308 e. The van der Waals surface area contributed by atoms with Crippen LogP contribution in [0.1, 0.15) is 20.3 Å². The van der Waals surface area contributed by atoms with Gasteiger partial charge in [-0.05, 0) is 80.3 Å². The van der Waals surface area contributed by atoms with Crippen LogP contribution >= 0.6 is 67.8 Å². The summed E-state index contributed by atoms with van der Waals surface area (Å²) >= 11 is 6.50. The van der Waals surface area contributed by atoms with E-state index in [1.165, 1.54) is 6.92 Å². The lowest BCUT2D eigenvalue weighted by atomic mass is 10.1. The summed E-state index contributed by atoms with van der Waals surface area (Å²) < 4.78 is 13.9. The SMILES string of the molecule is CCC(COCCOc1c(I)cc(I)c(NC(C)=O)c1I)C(=O)O. The van der Waals surface area contributed by atoms with Crippen molar-refractivity contribution in [1.82, 2.24) is 0 Å². The summed E-state index contributed by atoms with van der Waals surface area (Å²) in [5, 5.41) is 11.8. The van der Waals surface area contributed by atoms with Crippen LogP contribution in [0.2, 0.25) is 0 Å². The van der Waals surface area contributed by atoms with Gasteiger partial charge in [-0.2, -0.15) is 0 Å². The first kappa shape index (κ1) is 22.2. The number of hydrogen-bond acceptors (Lipinski definition) is 4. The Morgan fingerprint density at radius 2 is 1.92 bits per heavy atom. The molecular weight excluding hydrogens is 655 g/mol. The van der Waals surface area contributed by atoms with Gasteiger partial charge in [-0.15, -0.1) is 0 Å². The molecule has 24 heavy (non-hydrogen) atoms. The molecule has 1 aromatic carbocycles. The second-order valence-corrected chi connectivity index (χ2v) is 8.31. The highest BCUT2D eigenvalue weighted by Gasteiger charge is 2.17. The number of ether oxygens (including phenoxy) is 2. The van der Waals surface area contributed by atoms with Gasteiger partial charge in [0, 0.05) is 10.5 Å². The van der Waals surface area contributed by atoms with Crippen molar-refractivity contribution >= 4 is 85.3 Å². The van der Waals surface area contributed by atoms with Gasteiger partial charge in [0.25, 0.3) is 0 Å². The van der Waals surface area contributed by atoms with Crippen molar-refractivity contribution in [3.05, 3.63) is 16.8 Å². The fraction of sp³-hybridized carbons (Fsp3) is 0.467. The molecule has 1 atom stereocenters. The van der Waals surface area contributed by atoms with Crippen LogP contribution in [-0.2, 0) is 14.3 Å². The highest BCUT2D eigenvalue weighted by molar-refractivity contribution is 14.1. The van der Waals surface area contributed by atoms with Gasteiger partial charge in [0.1, 0.15) is 12.4 Å². The minimum absolute atomic E-state index is 0.138. The van der Waals surface area contributed by atoms with Crippen molar-refractivity contribution < 1.29 is 24.2 Å². The molecule has 0 saturated carbocycles. The lowest BCUT2D eigenvalue weighted by molar-refractivity contribution is -0.144. The Kier molecular flexibility index (Phi) is 10.1. The maximum absolute atomic E-state index is 11.3. The Bertz CT molecular complexity index is 609. The van der Waals surface area contributed by atoms with E-state index in [4.69, 9.17) is 14.6 Å². The molecule has 0 spiro atoms. The highest BCUT2D eigenvalue weighted by Crippen LogP contribution is 2.36. The van der Waals surface area contributed by atoms with Crippen LogP contribution in [0.15, 0.2) is 6.07 Å². The van der Waals surface area contributed by atoms with Crippen LogP contribution in [0.3, 0.4) is 0 Å². The summed E-state index contributed by atoms with van der Waals surface area (Å²) in [6.45, 7) is 4.07. The molecule has 9 heteroatoms. The third kappa shape index (κ3) is 6.78. The first-order valence-corrected chi connectivity index (χ1v) is 10.4. The van der Waals surface area contributed by atoms with Crippen LogP contribution in [-0.4, -0.2) is 36.8 Å². The number of benzene rings is 1. The standard InChI is InChI=1S/C15H18I3NO5/c1-3-9(15(21)22)7-23-4-5-24-14-11(17)6-10(16)13(12(14)18)19-8(2)20/h6,9H,3-5,7H2,1-2H3,(H,19,20)(H,21,22). The average molecular weight is 673 g/mol. The summed E-state index contributed by atoms with van der Waals surface area (Å²) in [5.74, 6) is -0.787. The lowest BCUT2D eigenvalue weighted by Crippen LogP contribution is -2.20. The minimum atomic E-state index is -0.847. The van der Waals surface area contributed by atoms with E-state index in [2.05, 4.69) is 73.1 Å². The summed E-state index contributed by atoms with van der Waals surface area (Å²) in [5.41, 5.74) is 0.733. The van der Waals surface area contributed by atoms with E-state index in [0.717, 1.165) is 16.4 Å². The van der Waals surface area contributed by atoms with Crippen molar-refractivity contribution in [3.63, 3.8) is 0 Å². The predicted octanol–water partition coefficient (Wildman–Crippen LogP) is 3.97. The zero-order chi connectivity index (χ0) is 18.3. The van der Waals surface area contributed by atoms with Crippen LogP contribution in [0.25, 0.3) is 0 Å². The molecule has 0 aliphatic rings. The van der Waals surface area contributed by atoms with E-state index in [-0.39, 0.29) is 12.5 Å². The molecule has 0 saturated heterocycles. The second-order valence-electron chi connectivity index (χ2n) is 4.91. The molecule has 0 radical (unpaired) electrons. The van der Waals surface area contributed by atoms with Crippen molar-refractivity contribution in [2.45, 2.75) is 20.3 Å². The molecular formula is C15H18I3NO5. The van der Waals surface area contributed by atoms with Crippen LogP contribution < -0.4 is 10.1 Å². The number of anilines is 1. The van der Waals surface area contributed by atoms with Gasteiger partial charge in [-0.1, -0.05) is 6.92 Å². The fourth-order valence-electron chi connectivity index (χ4n) is 1.79. The first-order chi connectivity index (χ1) is 11.3. The number of nitrogens with one attached hydrogen (secondary N) is 1. The zero-order valence-corrected chi connectivity index (χ0v) is 19.7. The number of amides is 1. The fourth-order valence-corrected chi connectivity index (χ4v) is 5.74. The molecule has 1 amide bonds. The third-order valence-electron chi connectivity index (χ3n) is 3.06. The summed E-state index contributed by atoms with van der Waals surface area (Å²) in [6, 6.07) is 1.93. The van der Waals surface area contributed by atoms with Crippen LogP contribution in [0.5, 0.6) is 5.75 Å². The van der Waals surface area contributed by atoms with Crippen molar-refractivity contribution in [2.75, 3.05) is 25.1 Å². The normalized spacial score (nSPS) is 11.9. The maximum Gasteiger partial charge on any atom is 0.308 e. The van der Waals surface area contributed by atoms with Crippen molar-refractivity contribution in [2.24, 2.45) is 5.92 Å². The van der Waals surface area contributed by atoms with E-state index in [9.17, 15) is 9.59 Å². The molecule has 0 aromatic heterocycles. The predicted molar refractivity (Wildman–Crippen MR) is 117 cm³/mol. The van der Waals surface area contributed by atoms with Gasteiger partial charge < -0.3 is 19.9 Å².